The van der Waals surface area contributed by atoms with E-state index in [-0.39, 0.29) is 12.5 Å². The minimum absolute atomic E-state index is 0.172. The molecule has 1 amide bonds. The van der Waals surface area contributed by atoms with E-state index in [0.29, 0.717) is 6.54 Å². The number of benzene rings is 1. The molecular weight excluding hydrogens is 288 g/mol. The minimum atomic E-state index is -3.44. The first-order valence-electron chi connectivity index (χ1n) is 6.81. The second-order valence-electron chi connectivity index (χ2n) is 6.14. The lowest BCUT2D eigenvalue weighted by molar-refractivity contribution is -0.122. The van der Waals surface area contributed by atoms with Gasteiger partial charge in [0.25, 0.3) is 0 Å². The number of hydrogen-bond acceptors (Lipinski definition) is 3. The molecule has 5 nitrogen and oxygen atoms in total. The molecule has 0 radical (unpaired) electrons. The van der Waals surface area contributed by atoms with Crippen molar-refractivity contribution in [3.8, 4) is 0 Å². The standard InChI is InChI=1S/C15H24N2O3S/c1-12-8-6-7-9-13(12)10-16-14(18)11-17(15(2,3)4)21(5,19)20/h6-9H,10-11H2,1-5H3,(H,16,18). The van der Waals surface area contributed by atoms with Gasteiger partial charge in [0.15, 0.2) is 0 Å². The Morgan fingerprint density at radius 2 is 1.81 bits per heavy atom. The predicted molar refractivity (Wildman–Crippen MR) is 84.3 cm³/mol. The van der Waals surface area contributed by atoms with Crippen LogP contribution in [-0.2, 0) is 21.4 Å². The summed E-state index contributed by atoms with van der Waals surface area (Å²) in [6, 6.07) is 7.76. The van der Waals surface area contributed by atoms with E-state index in [9.17, 15) is 13.2 Å². The molecule has 21 heavy (non-hydrogen) atoms. The summed E-state index contributed by atoms with van der Waals surface area (Å²) in [5.41, 5.74) is 1.48. The number of nitrogens with one attached hydrogen (secondary N) is 1. The smallest absolute Gasteiger partial charge is 0.235 e. The number of aryl methyl sites for hydroxylation is 1. The first-order chi connectivity index (χ1) is 9.51. The van der Waals surface area contributed by atoms with E-state index in [0.717, 1.165) is 17.4 Å². The van der Waals surface area contributed by atoms with Crippen LogP contribution in [0.2, 0.25) is 0 Å². The van der Waals surface area contributed by atoms with Crippen LogP contribution in [-0.4, -0.2) is 37.0 Å². The summed E-state index contributed by atoms with van der Waals surface area (Å²) in [5, 5.41) is 2.77. The van der Waals surface area contributed by atoms with E-state index in [1.165, 1.54) is 4.31 Å². The fourth-order valence-corrected chi connectivity index (χ4v) is 3.39. The molecule has 0 aliphatic carbocycles. The van der Waals surface area contributed by atoms with Crippen LogP contribution in [0.4, 0.5) is 0 Å². The Kier molecular flexibility index (Phi) is 5.53. The van der Waals surface area contributed by atoms with Crippen LogP contribution in [0.5, 0.6) is 0 Å². The van der Waals surface area contributed by atoms with Crippen LogP contribution in [0.1, 0.15) is 31.9 Å². The number of carbonyl (C=O) groups excluding carboxylic acids is 1. The van der Waals surface area contributed by atoms with Crippen molar-refractivity contribution in [2.45, 2.75) is 39.8 Å². The normalized spacial score (nSPS) is 12.5. The lowest BCUT2D eigenvalue weighted by Gasteiger charge is -2.32. The van der Waals surface area contributed by atoms with Gasteiger partial charge < -0.3 is 5.32 Å². The van der Waals surface area contributed by atoms with Crippen molar-refractivity contribution in [2.75, 3.05) is 12.8 Å². The summed E-state index contributed by atoms with van der Waals surface area (Å²) in [5.74, 6) is -0.307. The summed E-state index contributed by atoms with van der Waals surface area (Å²) >= 11 is 0. The third kappa shape index (κ3) is 5.47. The van der Waals surface area contributed by atoms with Crippen LogP contribution in [0, 0.1) is 6.92 Å². The van der Waals surface area contributed by atoms with Gasteiger partial charge in [0, 0.05) is 12.1 Å². The molecule has 0 bridgehead atoms. The van der Waals surface area contributed by atoms with Crippen LogP contribution in [0.15, 0.2) is 24.3 Å². The van der Waals surface area contributed by atoms with Gasteiger partial charge in [0.2, 0.25) is 15.9 Å². The Morgan fingerprint density at radius 1 is 1.24 bits per heavy atom. The van der Waals surface area contributed by atoms with Crippen molar-refractivity contribution >= 4 is 15.9 Å². The van der Waals surface area contributed by atoms with E-state index in [1.807, 2.05) is 31.2 Å². The van der Waals surface area contributed by atoms with Crippen LogP contribution in [0.3, 0.4) is 0 Å². The maximum absolute atomic E-state index is 12.0. The van der Waals surface area contributed by atoms with Gasteiger partial charge in [-0.15, -0.1) is 0 Å². The Bertz CT molecular complexity index is 604. The molecule has 118 valence electrons. The summed E-state index contributed by atoms with van der Waals surface area (Å²) in [7, 11) is -3.44. The molecule has 0 fully saturated rings. The zero-order chi connectivity index (χ0) is 16.3. The van der Waals surface area contributed by atoms with Crippen molar-refractivity contribution in [1.82, 2.24) is 9.62 Å². The second-order valence-corrected chi connectivity index (χ2v) is 8.05. The molecule has 0 unspecified atom stereocenters. The van der Waals surface area contributed by atoms with Gasteiger partial charge in [0.1, 0.15) is 0 Å². The molecule has 0 heterocycles. The summed E-state index contributed by atoms with van der Waals surface area (Å²) in [6.07, 6.45) is 1.12. The fraction of sp³-hybridized carbons (Fsp3) is 0.533. The molecule has 1 N–H and O–H groups in total. The SMILES string of the molecule is Cc1ccccc1CNC(=O)CN(C(C)(C)C)S(C)(=O)=O. The number of amides is 1. The molecule has 1 aromatic carbocycles. The Labute approximate surface area is 127 Å². The van der Waals surface area contributed by atoms with E-state index < -0.39 is 15.6 Å². The van der Waals surface area contributed by atoms with Crippen molar-refractivity contribution in [1.29, 1.82) is 0 Å². The lowest BCUT2D eigenvalue weighted by atomic mass is 10.1. The van der Waals surface area contributed by atoms with Gasteiger partial charge in [-0.3, -0.25) is 4.79 Å². The van der Waals surface area contributed by atoms with Gasteiger partial charge in [-0.1, -0.05) is 24.3 Å². The maximum Gasteiger partial charge on any atom is 0.235 e. The molecule has 1 rings (SSSR count). The quantitative estimate of drug-likeness (QED) is 0.899. The third-order valence-electron chi connectivity index (χ3n) is 3.17. The molecule has 0 saturated heterocycles. The predicted octanol–water partition coefficient (Wildman–Crippen LogP) is 1.67. The van der Waals surface area contributed by atoms with Gasteiger partial charge >= 0.3 is 0 Å². The van der Waals surface area contributed by atoms with Crippen LogP contribution < -0.4 is 5.32 Å². The van der Waals surface area contributed by atoms with Gasteiger partial charge in [-0.05, 0) is 38.8 Å². The zero-order valence-electron chi connectivity index (χ0n) is 13.3. The largest absolute Gasteiger partial charge is 0.351 e. The molecule has 0 aromatic heterocycles. The Morgan fingerprint density at radius 3 is 2.29 bits per heavy atom. The number of carbonyl (C=O) groups is 1. The van der Waals surface area contributed by atoms with Crippen molar-refractivity contribution in [3.05, 3.63) is 35.4 Å². The van der Waals surface area contributed by atoms with E-state index in [4.69, 9.17) is 0 Å². The van der Waals surface area contributed by atoms with Crippen LogP contribution in [0.25, 0.3) is 0 Å². The van der Waals surface area contributed by atoms with E-state index in [2.05, 4.69) is 5.32 Å². The lowest BCUT2D eigenvalue weighted by Crippen LogP contribution is -2.49. The Balaban J connectivity index is 2.70. The summed E-state index contributed by atoms with van der Waals surface area (Å²) in [6.45, 7) is 7.49. The molecule has 0 saturated carbocycles. The van der Waals surface area contributed by atoms with E-state index >= 15 is 0 Å². The average Bonchev–Trinajstić information content (AvgIpc) is 2.32. The van der Waals surface area contributed by atoms with Crippen molar-refractivity contribution < 1.29 is 13.2 Å². The highest BCUT2D eigenvalue weighted by atomic mass is 32.2. The molecule has 0 aliphatic rings. The Hall–Kier alpha value is -1.40. The molecule has 0 atom stereocenters. The molecule has 0 aliphatic heterocycles. The van der Waals surface area contributed by atoms with Gasteiger partial charge in [-0.2, -0.15) is 4.31 Å². The first kappa shape index (κ1) is 17.7. The highest BCUT2D eigenvalue weighted by Crippen LogP contribution is 2.16. The topological polar surface area (TPSA) is 66.5 Å². The maximum atomic E-state index is 12.0. The zero-order valence-corrected chi connectivity index (χ0v) is 14.1. The summed E-state index contributed by atoms with van der Waals surface area (Å²) in [4.78, 5) is 12.0. The number of hydrogen-bond donors (Lipinski definition) is 1. The van der Waals surface area contributed by atoms with Crippen molar-refractivity contribution in [2.24, 2.45) is 0 Å². The van der Waals surface area contributed by atoms with Crippen molar-refractivity contribution in [3.63, 3.8) is 0 Å². The second kappa shape index (κ2) is 6.58. The highest BCUT2D eigenvalue weighted by molar-refractivity contribution is 7.88. The fourth-order valence-electron chi connectivity index (χ4n) is 2.04. The number of rotatable bonds is 5. The molecule has 0 spiro atoms. The first-order valence-corrected chi connectivity index (χ1v) is 8.65. The molecule has 6 heteroatoms. The third-order valence-corrected chi connectivity index (χ3v) is 4.65. The van der Waals surface area contributed by atoms with Crippen LogP contribution >= 0.6 is 0 Å². The monoisotopic (exact) mass is 312 g/mol. The molecule has 1 aromatic rings. The minimum Gasteiger partial charge on any atom is -0.351 e. The average molecular weight is 312 g/mol. The number of sulfonamides is 1. The van der Waals surface area contributed by atoms with Gasteiger partial charge in [0.05, 0.1) is 12.8 Å². The summed E-state index contributed by atoms with van der Waals surface area (Å²) < 4.78 is 24.8. The number of nitrogens with zero attached hydrogens (tertiary/aromatic N) is 1. The highest BCUT2D eigenvalue weighted by Gasteiger charge is 2.31. The van der Waals surface area contributed by atoms with Gasteiger partial charge in [-0.25, -0.2) is 8.42 Å². The van der Waals surface area contributed by atoms with E-state index in [1.54, 1.807) is 20.8 Å². The molecular formula is C15H24N2O3S.